The van der Waals surface area contributed by atoms with E-state index in [2.05, 4.69) is 23.8 Å². The predicted octanol–water partition coefficient (Wildman–Crippen LogP) is 3.71. The molecule has 3 nitrogen and oxygen atoms in total. The maximum atomic E-state index is 5.88. The van der Waals surface area contributed by atoms with Crippen molar-refractivity contribution in [2.75, 3.05) is 0 Å². The van der Waals surface area contributed by atoms with E-state index < -0.39 is 0 Å². The molecule has 90 valence electrons. The normalized spacial score (nSPS) is 13.0. The summed E-state index contributed by atoms with van der Waals surface area (Å²) in [6, 6.07) is 7.69. The summed E-state index contributed by atoms with van der Waals surface area (Å²) in [5, 5.41) is 1.11. The molecule has 2 rings (SSSR count). The number of nitrogens with zero attached hydrogens (tertiary/aromatic N) is 2. The number of fused-ring (bicyclic) bond motifs is 1. The van der Waals surface area contributed by atoms with Gasteiger partial charge in [0.2, 0.25) is 11.2 Å². The van der Waals surface area contributed by atoms with Crippen LogP contribution in [-0.4, -0.2) is 16.1 Å². The van der Waals surface area contributed by atoms with E-state index in [1.54, 1.807) is 0 Å². The number of hydrogen-bond donors (Lipinski definition) is 0. The minimum absolute atomic E-state index is 0.0874. The van der Waals surface area contributed by atoms with Crippen LogP contribution in [0.15, 0.2) is 24.3 Å². The van der Waals surface area contributed by atoms with Crippen LogP contribution >= 0.6 is 11.6 Å². The lowest BCUT2D eigenvalue weighted by Gasteiger charge is -2.18. The molecule has 1 aromatic heterocycles. The number of halogens is 1. The molecule has 0 aliphatic rings. The Labute approximate surface area is 106 Å². The van der Waals surface area contributed by atoms with Crippen LogP contribution in [0.25, 0.3) is 10.9 Å². The molecule has 17 heavy (non-hydrogen) atoms. The van der Waals surface area contributed by atoms with Crippen LogP contribution < -0.4 is 4.74 Å². The van der Waals surface area contributed by atoms with Gasteiger partial charge in [0.25, 0.3) is 0 Å². The summed E-state index contributed by atoms with van der Waals surface area (Å²) in [4.78, 5) is 8.32. The molecule has 1 atom stereocenters. The molecule has 0 spiro atoms. The van der Waals surface area contributed by atoms with Crippen LogP contribution in [-0.2, 0) is 0 Å². The van der Waals surface area contributed by atoms with Crippen LogP contribution in [0.5, 0.6) is 5.88 Å². The number of hydrogen-bond acceptors (Lipinski definition) is 3. The summed E-state index contributed by atoms with van der Waals surface area (Å²) in [5.74, 6) is 0.976. The Kier molecular flexibility index (Phi) is 3.48. The molecular formula is C13H15ClN2O. The van der Waals surface area contributed by atoms with Gasteiger partial charge in [-0.15, -0.1) is 0 Å². The number of benzene rings is 1. The summed E-state index contributed by atoms with van der Waals surface area (Å²) >= 11 is 5.88. The Hall–Kier alpha value is -1.35. The third-order valence-corrected chi connectivity index (χ3v) is 2.95. The first kappa shape index (κ1) is 12.1. The monoisotopic (exact) mass is 250 g/mol. The van der Waals surface area contributed by atoms with E-state index >= 15 is 0 Å². The second-order valence-electron chi connectivity index (χ2n) is 4.38. The fraction of sp³-hybridized carbons (Fsp3) is 0.385. The van der Waals surface area contributed by atoms with Crippen molar-refractivity contribution in [3.63, 3.8) is 0 Å². The Morgan fingerprint density at radius 1 is 1.12 bits per heavy atom. The highest BCUT2D eigenvalue weighted by Crippen LogP contribution is 2.25. The maximum absolute atomic E-state index is 5.88. The van der Waals surface area contributed by atoms with Gasteiger partial charge in [0.1, 0.15) is 0 Å². The van der Waals surface area contributed by atoms with Crippen molar-refractivity contribution in [2.45, 2.75) is 26.9 Å². The summed E-state index contributed by atoms with van der Waals surface area (Å²) in [7, 11) is 0. The summed E-state index contributed by atoms with van der Waals surface area (Å²) < 4.78 is 5.83. The zero-order chi connectivity index (χ0) is 12.4. The van der Waals surface area contributed by atoms with Crippen molar-refractivity contribution in [2.24, 2.45) is 5.92 Å². The highest BCUT2D eigenvalue weighted by Gasteiger charge is 2.13. The number of aromatic nitrogens is 2. The molecule has 0 aliphatic heterocycles. The van der Waals surface area contributed by atoms with Gasteiger partial charge in [0, 0.05) is 0 Å². The van der Waals surface area contributed by atoms with Crippen molar-refractivity contribution < 1.29 is 4.74 Å². The topological polar surface area (TPSA) is 35.0 Å². The fourth-order valence-electron chi connectivity index (χ4n) is 1.42. The van der Waals surface area contributed by atoms with Crippen LogP contribution in [0.1, 0.15) is 20.8 Å². The Bertz CT molecular complexity index is 528. The molecule has 0 saturated heterocycles. The Morgan fingerprint density at radius 3 is 2.53 bits per heavy atom. The summed E-state index contributed by atoms with van der Waals surface area (Å²) in [6.07, 6.45) is 0.0874. The van der Waals surface area contributed by atoms with Crippen molar-refractivity contribution >= 4 is 22.5 Å². The van der Waals surface area contributed by atoms with Gasteiger partial charge in [-0.1, -0.05) is 26.0 Å². The minimum atomic E-state index is 0.0874. The second-order valence-corrected chi connectivity index (χ2v) is 4.72. The first-order chi connectivity index (χ1) is 8.08. The molecule has 0 radical (unpaired) electrons. The molecule has 0 aliphatic carbocycles. The van der Waals surface area contributed by atoms with E-state index in [1.807, 2.05) is 31.2 Å². The first-order valence-corrected chi connectivity index (χ1v) is 6.04. The Balaban J connectivity index is 2.45. The fourth-order valence-corrected chi connectivity index (χ4v) is 1.59. The summed E-state index contributed by atoms with van der Waals surface area (Å²) in [5.41, 5.74) is 0.804. The number of ether oxygens (including phenoxy) is 1. The van der Waals surface area contributed by atoms with Gasteiger partial charge in [0.05, 0.1) is 17.0 Å². The van der Waals surface area contributed by atoms with Gasteiger partial charge in [-0.05, 0) is 36.6 Å². The Morgan fingerprint density at radius 2 is 1.82 bits per heavy atom. The van der Waals surface area contributed by atoms with Gasteiger partial charge >= 0.3 is 0 Å². The van der Waals surface area contributed by atoms with Gasteiger partial charge < -0.3 is 4.74 Å². The summed E-state index contributed by atoms with van der Waals surface area (Å²) in [6.45, 7) is 6.24. The minimum Gasteiger partial charge on any atom is -0.474 e. The molecule has 1 heterocycles. The molecule has 1 aromatic carbocycles. The quantitative estimate of drug-likeness (QED) is 0.779. The van der Waals surface area contributed by atoms with E-state index in [4.69, 9.17) is 16.3 Å². The van der Waals surface area contributed by atoms with E-state index in [-0.39, 0.29) is 11.4 Å². The van der Waals surface area contributed by atoms with E-state index in [9.17, 15) is 0 Å². The van der Waals surface area contributed by atoms with E-state index in [0.717, 1.165) is 10.9 Å². The van der Waals surface area contributed by atoms with Crippen LogP contribution in [0.2, 0.25) is 5.28 Å². The predicted molar refractivity (Wildman–Crippen MR) is 69.5 cm³/mol. The first-order valence-electron chi connectivity index (χ1n) is 5.67. The molecule has 4 heteroatoms. The number of para-hydroxylation sites is 1. The molecular weight excluding hydrogens is 236 g/mol. The van der Waals surface area contributed by atoms with Crippen LogP contribution in [0, 0.1) is 5.92 Å². The highest BCUT2D eigenvalue weighted by molar-refractivity contribution is 6.28. The van der Waals surface area contributed by atoms with E-state index in [1.165, 1.54) is 0 Å². The molecule has 0 saturated carbocycles. The molecule has 0 bridgehead atoms. The average molecular weight is 251 g/mol. The average Bonchev–Trinajstić information content (AvgIpc) is 2.28. The van der Waals surface area contributed by atoms with Crippen LogP contribution in [0.4, 0.5) is 0 Å². The van der Waals surface area contributed by atoms with Crippen LogP contribution in [0.3, 0.4) is 0 Å². The van der Waals surface area contributed by atoms with E-state index in [0.29, 0.717) is 11.8 Å². The largest absolute Gasteiger partial charge is 0.474 e. The molecule has 0 fully saturated rings. The standard InChI is InChI=1S/C13H15ClN2O/c1-8(2)9(3)17-12-10-6-4-5-7-11(10)15-13(14)16-12/h4-9H,1-3H3. The van der Waals surface area contributed by atoms with Gasteiger partial charge in [-0.25, -0.2) is 4.98 Å². The SMILES string of the molecule is CC(C)C(C)Oc1nc(Cl)nc2ccccc12. The smallest absolute Gasteiger partial charge is 0.226 e. The lowest BCUT2D eigenvalue weighted by molar-refractivity contribution is 0.166. The van der Waals surface area contributed by atoms with Gasteiger partial charge in [-0.2, -0.15) is 4.98 Å². The molecule has 0 N–H and O–H groups in total. The van der Waals surface area contributed by atoms with Gasteiger partial charge in [-0.3, -0.25) is 0 Å². The zero-order valence-corrected chi connectivity index (χ0v) is 10.9. The third-order valence-electron chi connectivity index (χ3n) is 2.78. The lowest BCUT2D eigenvalue weighted by atomic mass is 10.1. The molecule has 1 unspecified atom stereocenters. The van der Waals surface area contributed by atoms with Crippen molar-refractivity contribution in [1.29, 1.82) is 0 Å². The second kappa shape index (κ2) is 4.88. The highest BCUT2D eigenvalue weighted by atomic mass is 35.5. The van der Waals surface area contributed by atoms with Crippen molar-refractivity contribution in [3.05, 3.63) is 29.5 Å². The van der Waals surface area contributed by atoms with Gasteiger partial charge in [0.15, 0.2) is 0 Å². The molecule has 0 amide bonds. The maximum Gasteiger partial charge on any atom is 0.226 e. The number of rotatable bonds is 3. The third kappa shape index (κ3) is 2.67. The zero-order valence-electron chi connectivity index (χ0n) is 10.1. The van der Waals surface area contributed by atoms with Crippen molar-refractivity contribution in [1.82, 2.24) is 9.97 Å². The van der Waals surface area contributed by atoms with Crippen molar-refractivity contribution in [3.8, 4) is 5.88 Å². The molecule has 2 aromatic rings. The lowest BCUT2D eigenvalue weighted by Crippen LogP contribution is -2.19.